The lowest BCUT2D eigenvalue weighted by atomic mass is 9.91. The van der Waals surface area contributed by atoms with Gasteiger partial charge in [0.25, 0.3) is 0 Å². The Labute approximate surface area is 215 Å². The van der Waals surface area contributed by atoms with Gasteiger partial charge >= 0.3 is 0 Å². The Balaban J connectivity index is 1.17. The molecule has 10 nitrogen and oxygen atoms in total. The fourth-order valence-electron chi connectivity index (χ4n) is 5.41. The lowest BCUT2D eigenvalue weighted by molar-refractivity contribution is -0.00126. The number of halogens is 1. The Morgan fingerprint density at radius 3 is 2.47 bits per heavy atom. The molecule has 1 N–H and O–H groups in total. The van der Waals surface area contributed by atoms with Crippen molar-refractivity contribution < 1.29 is 14.2 Å². The second-order valence-corrected chi connectivity index (χ2v) is 10.1. The molecule has 1 aliphatic carbocycles. The fourth-order valence-corrected chi connectivity index (χ4v) is 5.56. The van der Waals surface area contributed by atoms with E-state index in [1.807, 2.05) is 16.9 Å². The van der Waals surface area contributed by atoms with E-state index in [0.717, 1.165) is 83.7 Å². The first-order chi connectivity index (χ1) is 17.7. The van der Waals surface area contributed by atoms with Crippen LogP contribution in [0.15, 0.2) is 24.5 Å². The van der Waals surface area contributed by atoms with Crippen molar-refractivity contribution in [2.75, 3.05) is 44.8 Å². The number of morpholine rings is 1. The molecule has 3 fully saturated rings. The fraction of sp³-hybridized carbons (Fsp3) is 0.600. The minimum atomic E-state index is 0.0882. The Hall–Kier alpha value is -2.53. The summed E-state index contributed by atoms with van der Waals surface area (Å²) in [4.78, 5) is 16.4. The highest BCUT2D eigenvalue weighted by molar-refractivity contribution is 6.29. The SMILES string of the molecule is Clc1ccc2nc(Nc3cnn(C4CCOCC4)c3)nc(O[C@H]3CC[C@H](N4CCOCC4)CC3)c2n1. The van der Waals surface area contributed by atoms with E-state index in [1.54, 1.807) is 12.3 Å². The van der Waals surface area contributed by atoms with Crippen molar-refractivity contribution in [2.24, 2.45) is 0 Å². The van der Waals surface area contributed by atoms with Crippen molar-refractivity contribution in [2.45, 2.75) is 56.7 Å². The van der Waals surface area contributed by atoms with Gasteiger partial charge < -0.3 is 19.5 Å². The maximum absolute atomic E-state index is 6.45. The average Bonchev–Trinajstić information content (AvgIpc) is 3.39. The maximum Gasteiger partial charge on any atom is 0.245 e. The highest BCUT2D eigenvalue weighted by Crippen LogP contribution is 2.31. The maximum atomic E-state index is 6.45. The average molecular weight is 514 g/mol. The molecular formula is C25H32ClN7O3. The van der Waals surface area contributed by atoms with Gasteiger partial charge in [0.2, 0.25) is 11.8 Å². The second-order valence-electron chi connectivity index (χ2n) is 9.73. The second kappa shape index (κ2) is 10.8. The summed E-state index contributed by atoms with van der Waals surface area (Å²) in [5.74, 6) is 0.923. The summed E-state index contributed by atoms with van der Waals surface area (Å²) < 4.78 is 19.4. The molecule has 11 heteroatoms. The van der Waals surface area contributed by atoms with Crippen molar-refractivity contribution in [1.29, 1.82) is 0 Å². The molecule has 0 bridgehead atoms. The van der Waals surface area contributed by atoms with Crippen LogP contribution in [0.5, 0.6) is 5.88 Å². The monoisotopic (exact) mass is 513 g/mol. The third-order valence-electron chi connectivity index (χ3n) is 7.38. The Morgan fingerprint density at radius 2 is 1.67 bits per heavy atom. The topological polar surface area (TPSA) is 99.5 Å². The first kappa shape index (κ1) is 23.8. The van der Waals surface area contributed by atoms with Gasteiger partial charge in [-0.15, -0.1) is 0 Å². The van der Waals surface area contributed by atoms with Gasteiger partial charge in [0.15, 0.2) is 5.52 Å². The van der Waals surface area contributed by atoms with Gasteiger partial charge in [0.05, 0.1) is 36.7 Å². The molecule has 2 saturated heterocycles. The van der Waals surface area contributed by atoms with E-state index in [2.05, 4.69) is 25.3 Å². The number of nitrogens with zero attached hydrogens (tertiary/aromatic N) is 6. The zero-order valence-electron chi connectivity index (χ0n) is 20.3. The van der Waals surface area contributed by atoms with E-state index >= 15 is 0 Å². The van der Waals surface area contributed by atoms with Crippen molar-refractivity contribution >= 4 is 34.3 Å². The van der Waals surface area contributed by atoms with E-state index in [9.17, 15) is 0 Å². The van der Waals surface area contributed by atoms with Gasteiger partial charge in [-0.2, -0.15) is 10.1 Å². The third-order valence-corrected chi connectivity index (χ3v) is 7.59. The third kappa shape index (κ3) is 5.41. The molecule has 3 aromatic rings. The number of fused-ring (bicyclic) bond motifs is 1. The minimum absolute atomic E-state index is 0.0882. The molecule has 0 spiro atoms. The van der Waals surface area contributed by atoms with Crippen LogP contribution in [0.1, 0.15) is 44.6 Å². The zero-order chi connectivity index (χ0) is 24.3. The summed E-state index contributed by atoms with van der Waals surface area (Å²) in [6.45, 7) is 5.25. The van der Waals surface area contributed by atoms with Crippen molar-refractivity contribution in [3.8, 4) is 5.88 Å². The summed E-state index contributed by atoms with van der Waals surface area (Å²) in [7, 11) is 0. The summed E-state index contributed by atoms with van der Waals surface area (Å²) in [5.41, 5.74) is 2.10. The molecule has 3 aliphatic rings. The standard InChI is InChI=1S/C25H32ClN7O3/c26-22-6-5-21-23(30-22)24(36-20-3-1-18(2-4-20)32-9-13-35-14-10-32)31-25(29-21)28-17-15-27-33(16-17)19-7-11-34-12-8-19/h5-6,15-16,18-20H,1-4,7-14H2,(H,28,29,31)/t18-,20-. The van der Waals surface area contributed by atoms with Crippen LogP contribution in [0.25, 0.3) is 11.0 Å². The number of ether oxygens (including phenoxy) is 3. The number of hydrogen-bond acceptors (Lipinski definition) is 9. The highest BCUT2D eigenvalue weighted by atomic mass is 35.5. The van der Waals surface area contributed by atoms with E-state index in [0.29, 0.717) is 40.1 Å². The normalized spacial score (nSPS) is 24.1. The molecule has 0 unspecified atom stereocenters. The zero-order valence-corrected chi connectivity index (χ0v) is 21.1. The predicted molar refractivity (Wildman–Crippen MR) is 136 cm³/mol. The molecule has 0 atom stereocenters. The van der Waals surface area contributed by atoms with Crippen LogP contribution in [0, 0.1) is 0 Å². The van der Waals surface area contributed by atoms with Gasteiger partial charge in [-0.3, -0.25) is 9.58 Å². The number of aromatic nitrogens is 5. The van der Waals surface area contributed by atoms with Crippen molar-refractivity contribution in [3.63, 3.8) is 0 Å². The quantitative estimate of drug-likeness (QED) is 0.490. The lowest BCUT2D eigenvalue weighted by Crippen LogP contribution is -2.46. The largest absolute Gasteiger partial charge is 0.473 e. The van der Waals surface area contributed by atoms with E-state index in [4.69, 9.17) is 30.8 Å². The highest BCUT2D eigenvalue weighted by Gasteiger charge is 2.29. The van der Waals surface area contributed by atoms with Crippen LogP contribution >= 0.6 is 11.6 Å². The molecular weight excluding hydrogens is 482 g/mol. The number of nitrogens with one attached hydrogen (secondary N) is 1. The van der Waals surface area contributed by atoms with Gasteiger partial charge in [-0.25, -0.2) is 9.97 Å². The number of anilines is 2. The predicted octanol–water partition coefficient (Wildman–Crippen LogP) is 3.99. The number of hydrogen-bond donors (Lipinski definition) is 1. The van der Waals surface area contributed by atoms with Gasteiger partial charge in [-0.05, 0) is 50.7 Å². The molecule has 5 heterocycles. The van der Waals surface area contributed by atoms with Crippen LogP contribution in [-0.2, 0) is 9.47 Å². The van der Waals surface area contributed by atoms with Crippen LogP contribution in [0.4, 0.5) is 11.6 Å². The van der Waals surface area contributed by atoms with E-state index < -0.39 is 0 Å². The molecule has 0 aromatic carbocycles. The first-order valence-electron chi connectivity index (χ1n) is 12.9. The van der Waals surface area contributed by atoms with Crippen LogP contribution in [0.3, 0.4) is 0 Å². The van der Waals surface area contributed by atoms with Crippen LogP contribution in [0.2, 0.25) is 5.15 Å². The summed E-state index contributed by atoms with van der Waals surface area (Å²) in [6.07, 6.45) is 10.00. The summed E-state index contributed by atoms with van der Waals surface area (Å²) in [6, 6.07) is 4.55. The molecule has 36 heavy (non-hydrogen) atoms. The molecule has 0 amide bonds. The molecule has 3 aromatic heterocycles. The van der Waals surface area contributed by atoms with Gasteiger partial charge in [0.1, 0.15) is 11.3 Å². The van der Waals surface area contributed by atoms with Crippen molar-refractivity contribution in [3.05, 3.63) is 29.7 Å². The van der Waals surface area contributed by atoms with Crippen molar-refractivity contribution in [1.82, 2.24) is 29.6 Å². The smallest absolute Gasteiger partial charge is 0.245 e. The van der Waals surface area contributed by atoms with Crippen LogP contribution in [-0.4, -0.2) is 81.3 Å². The molecule has 0 radical (unpaired) electrons. The Kier molecular flexibility index (Phi) is 7.18. The summed E-state index contributed by atoms with van der Waals surface area (Å²) in [5, 5.41) is 8.24. The lowest BCUT2D eigenvalue weighted by Gasteiger charge is -2.38. The van der Waals surface area contributed by atoms with Gasteiger partial charge in [0, 0.05) is 38.5 Å². The first-order valence-corrected chi connectivity index (χ1v) is 13.3. The number of pyridine rings is 1. The minimum Gasteiger partial charge on any atom is -0.473 e. The van der Waals surface area contributed by atoms with E-state index in [-0.39, 0.29) is 6.10 Å². The van der Waals surface area contributed by atoms with E-state index in [1.165, 1.54) is 0 Å². The Morgan fingerprint density at radius 1 is 0.889 bits per heavy atom. The number of rotatable bonds is 6. The van der Waals surface area contributed by atoms with Crippen LogP contribution < -0.4 is 10.1 Å². The molecule has 192 valence electrons. The molecule has 2 aliphatic heterocycles. The summed E-state index contributed by atoms with van der Waals surface area (Å²) >= 11 is 6.21. The molecule has 6 rings (SSSR count). The Bertz CT molecular complexity index is 1170. The molecule has 1 saturated carbocycles. The van der Waals surface area contributed by atoms with Gasteiger partial charge in [-0.1, -0.05) is 11.6 Å².